The van der Waals surface area contributed by atoms with E-state index in [0.717, 1.165) is 0 Å². The van der Waals surface area contributed by atoms with E-state index in [0.29, 0.717) is 16.8 Å². The molecule has 2 aromatic rings. The fourth-order valence-corrected chi connectivity index (χ4v) is 2.06. The van der Waals surface area contributed by atoms with Crippen molar-refractivity contribution in [2.75, 3.05) is 0 Å². The highest BCUT2D eigenvalue weighted by atomic mass is 35.5. The Hall–Kier alpha value is -2.21. The predicted octanol–water partition coefficient (Wildman–Crippen LogP) is 3.96. The van der Waals surface area contributed by atoms with Crippen molar-refractivity contribution in [3.63, 3.8) is 0 Å². The number of hydrogen-bond donors (Lipinski definition) is 1. The van der Waals surface area contributed by atoms with Gasteiger partial charge in [-0.05, 0) is 56.1 Å². The molecule has 1 N–H and O–H groups in total. The first kappa shape index (κ1) is 17.1. The topological polar surface area (TPSA) is 64.1 Å². The number of carbonyl (C=O) groups is 1. The third-order valence-corrected chi connectivity index (χ3v) is 2.98. The second kappa shape index (κ2) is 6.91. The number of rotatable bonds is 3. The zero-order chi connectivity index (χ0) is 17.0. The summed E-state index contributed by atoms with van der Waals surface area (Å²) in [6, 6.07) is 5.86. The molecule has 0 aliphatic rings. The Bertz CT molecular complexity index is 717. The molecule has 0 aliphatic carbocycles. The maximum absolute atomic E-state index is 13.6. The van der Waals surface area contributed by atoms with Gasteiger partial charge in [-0.2, -0.15) is 0 Å². The molecule has 2 rings (SSSR count). The second-order valence-electron chi connectivity index (χ2n) is 5.87. The van der Waals surface area contributed by atoms with Crippen LogP contribution in [0.3, 0.4) is 0 Å². The molecule has 0 saturated heterocycles. The number of amides is 1. The zero-order valence-electron chi connectivity index (χ0n) is 13.1. The average molecular weight is 338 g/mol. The summed E-state index contributed by atoms with van der Waals surface area (Å²) in [5, 5.41) is 2.71. The molecule has 0 unspecified atom stereocenters. The van der Waals surface area contributed by atoms with E-state index in [2.05, 4.69) is 15.3 Å². The number of aromatic nitrogens is 2. The minimum absolute atomic E-state index is 0.0674. The number of ether oxygens (including phenoxy) is 1. The molecule has 1 aromatic carbocycles. The summed E-state index contributed by atoms with van der Waals surface area (Å²) in [6.07, 6.45) is 0.939. The second-order valence-corrected chi connectivity index (χ2v) is 6.21. The molecule has 1 amide bonds. The Kier molecular flexibility index (Phi) is 5.15. The summed E-state index contributed by atoms with van der Waals surface area (Å²) >= 11 is 5.78. The molecule has 1 heterocycles. The van der Waals surface area contributed by atoms with Crippen molar-refractivity contribution in [1.29, 1.82) is 0 Å². The number of alkyl carbamates (subject to hydrolysis) is 1. The van der Waals surface area contributed by atoms with Gasteiger partial charge in [0.15, 0.2) is 0 Å². The number of halogens is 2. The van der Waals surface area contributed by atoms with Crippen molar-refractivity contribution in [1.82, 2.24) is 15.3 Å². The van der Waals surface area contributed by atoms with Crippen LogP contribution in [-0.2, 0) is 11.3 Å². The molecule has 0 bridgehead atoms. The summed E-state index contributed by atoms with van der Waals surface area (Å²) < 4.78 is 18.7. The van der Waals surface area contributed by atoms with Gasteiger partial charge in [-0.15, -0.1) is 0 Å². The van der Waals surface area contributed by atoms with Crippen LogP contribution >= 0.6 is 11.6 Å². The van der Waals surface area contributed by atoms with E-state index in [-0.39, 0.29) is 11.8 Å². The number of nitrogens with zero attached hydrogens (tertiary/aromatic N) is 2. The highest BCUT2D eigenvalue weighted by molar-refractivity contribution is 6.28. The van der Waals surface area contributed by atoms with E-state index in [1.807, 2.05) is 0 Å². The third kappa shape index (κ3) is 5.17. The Morgan fingerprint density at radius 2 is 2.09 bits per heavy atom. The monoisotopic (exact) mass is 337 g/mol. The largest absolute Gasteiger partial charge is 0.444 e. The summed E-state index contributed by atoms with van der Waals surface area (Å²) in [6.45, 7) is 5.50. The molecule has 0 aliphatic heterocycles. The Labute approximate surface area is 138 Å². The standard InChI is InChI=1S/C16H17ClFN3O2/c1-16(2,3)23-15(22)20-9-10-4-5-11(18)8-12(10)13-6-7-19-14(17)21-13/h4-8H,9H2,1-3H3,(H,20,22). The smallest absolute Gasteiger partial charge is 0.407 e. The van der Waals surface area contributed by atoms with E-state index in [9.17, 15) is 9.18 Å². The predicted molar refractivity (Wildman–Crippen MR) is 85.5 cm³/mol. The minimum atomic E-state index is -0.587. The molecule has 122 valence electrons. The Morgan fingerprint density at radius 1 is 1.35 bits per heavy atom. The van der Waals surface area contributed by atoms with Crippen molar-refractivity contribution < 1.29 is 13.9 Å². The SMILES string of the molecule is CC(C)(C)OC(=O)NCc1ccc(F)cc1-c1ccnc(Cl)n1. The van der Waals surface area contributed by atoms with Crippen LogP contribution in [0.1, 0.15) is 26.3 Å². The van der Waals surface area contributed by atoms with Gasteiger partial charge in [0.2, 0.25) is 5.28 Å². The first-order valence-corrected chi connectivity index (χ1v) is 7.36. The molecule has 1 aromatic heterocycles. The van der Waals surface area contributed by atoms with E-state index in [4.69, 9.17) is 16.3 Å². The van der Waals surface area contributed by atoms with Gasteiger partial charge in [0.25, 0.3) is 0 Å². The van der Waals surface area contributed by atoms with E-state index in [1.165, 1.54) is 18.3 Å². The van der Waals surface area contributed by atoms with Crippen LogP contribution in [-0.4, -0.2) is 21.7 Å². The van der Waals surface area contributed by atoms with Gasteiger partial charge in [-0.3, -0.25) is 0 Å². The Balaban J connectivity index is 2.21. The molecule has 0 fully saturated rings. The molecular weight excluding hydrogens is 321 g/mol. The summed E-state index contributed by atoms with van der Waals surface area (Å²) in [5.74, 6) is -0.407. The Morgan fingerprint density at radius 3 is 2.74 bits per heavy atom. The van der Waals surface area contributed by atoms with Crippen LogP contribution in [0, 0.1) is 5.82 Å². The van der Waals surface area contributed by atoms with E-state index >= 15 is 0 Å². The summed E-state index contributed by atoms with van der Waals surface area (Å²) in [7, 11) is 0. The molecule has 0 saturated carbocycles. The van der Waals surface area contributed by atoms with Crippen molar-refractivity contribution in [3.8, 4) is 11.3 Å². The van der Waals surface area contributed by atoms with Crippen LogP contribution in [0.5, 0.6) is 0 Å². The molecule has 7 heteroatoms. The lowest BCUT2D eigenvalue weighted by Crippen LogP contribution is -2.32. The van der Waals surface area contributed by atoms with Gasteiger partial charge in [0, 0.05) is 18.3 Å². The fourth-order valence-electron chi connectivity index (χ4n) is 1.91. The summed E-state index contributed by atoms with van der Waals surface area (Å²) in [4.78, 5) is 19.6. The van der Waals surface area contributed by atoms with Crippen LogP contribution in [0.15, 0.2) is 30.5 Å². The molecule has 0 spiro atoms. The summed E-state index contributed by atoms with van der Waals surface area (Å²) in [5.41, 5.74) is 1.11. The van der Waals surface area contributed by atoms with Crippen LogP contribution in [0.25, 0.3) is 11.3 Å². The fraction of sp³-hybridized carbons (Fsp3) is 0.312. The third-order valence-electron chi connectivity index (χ3n) is 2.80. The number of carbonyl (C=O) groups excluding carboxylic acids is 1. The van der Waals surface area contributed by atoms with E-state index in [1.54, 1.807) is 32.9 Å². The molecule has 23 heavy (non-hydrogen) atoms. The van der Waals surface area contributed by atoms with Gasteiger partial charge in [0.1, 0.15) is 11.4 Å². The first-order valence-electron chi connectivity index (χ1n) is 6.99. The van der Waals surface area contributed by atoms with Crippen LogP contribution in [0.4, 0.5) is 9.18 Å². The minimum Gasteiger partial charge on any atom is -0.444 e. The van der Waals surface area contributed by atoms with Crippen molar-refractivity contribution in [2.24, 2.45) is 0 Å². The lowest BCUT2D eigenvalue weighted by atomic mass is 10.0. The van der Waals surface area contributed by atoms with Gasteiger partial charge in [-0.1, -0.05) is 6.07 Å². The zero-order valence-corrected chi connectivity index (χ0v) is 13.8. The van der Waals surface area contributed by atoms with Crippen LogP contribution in [0.2, 0.25) is 5.28 Å². The van der Waals surface area contributed by atoms with Crippen LogP contribution < -0.4 is 5.32 Å². The van der Waals surface area contributed by atoms with Gasteiger partial charge >= 0.3 is 6.09 Å². The maximum atomic E-state index is 13.6. The highest BCUT2D eigenvalue weighted by Crippen LogP contribution is 2.24. The molecule has 0 atom stereocenters. The lowest BCUT2D eigenvalue weighted by Gasteiger charge is -2.20. The number of nitrogens with one attached hydrogen (secondary N) is 1. The molecule has 0 radical (unpaired) electrons. The first-order chi connectivity index (χ1) is 10.7. The van der Waals surface area contributed by atoms with Gasteiger partial charge in [-0.25, -0.2) is 19.2 Å². The maximum Gasteiger partial charge on any atom is 0.407 e. The average Bonchev–Trinajstić information content (AvgIpc) is 2.44. The van der Waals surface area contributed by atoms with Crippen molar-refractivity contribution >= 4 is 17.7 Å². The molecular formula is C16H17ClFN3O2. The lowest BCUT2D eigenvalue weighted by molar-refractivity contribution is 0.0523. The molecule has 5 nitrogen and oxygen atoms in total. The van der Waals surface area contributed by atoms with Crippen molar-refractivity contribution in [2.45, 2.75) is 32.9 Å². The highest BCUT2D eigenvalue weighted by Gasteiger charge is 2.16. The van der Waals surface area contributed by atoms with Gasteiger partial charge in [0.05, 0.1) is 5.69 Å². The normalized spacial score (nSPS) is 11.2. The van der Waals surface area contributed by atoms with E-state index < -0.39 is 17.5 Å². The quantitative estimate of drug-likeness (QED) is 0.861. The van der Waals surface area contributed by atoms with Crippen molar-refractivity contribution in [3.05, 3.63) is 47.1 Å². The number of hydrogen-bond acceptors (Lipinski definition) is 4. The number of benzene rings is 1. The van der Waals surface area contributed by atoms with Gasteiger partial charge < -0.3 is 10.1 Å².